The van der Waals surface area contributed by atoms with Crippen molar-refractivity contribution in [3.05, 3.63) is 53.1 Å². The molecule has 0 aliphatic heterocycles. The van der Waals surface area contributed by atoms with Gasteiger partial charge in [0, 0.05) is 5.39 Å². The van der Waals surface area contributed by atoms with E-state index in [-0.39, 0.29) is 16.8 Å². The van der Waals surface area contributed by atoms with Gasteiger partial charge in [-0.2, -0.15) is 5.10 Å². The number of H-pyrrole nitrogens is 1. The summed E-state index contributed by atoms with van der Waals surface area (Å²) in [5, 5.41) is 7.59. The van der Waals surface area contributed by atoms with Crippen LogP contribution in [0.1, 0.15) is 34.7 Å². The average Bonchev–Trinajstić information content (AvgIpc) is 3.27. The standard InChI is InChI=1S/C17H13F2N3O/c18-12-7-6-10(17(20)23)14(19)13(12)16-11-3-1-2-9(8-4-5-8)15(11)21-22-16/h1-3,6-8H,4-5H2,(H2,20,23)(H,21,22). The van der Waals surface area contributed by atoms with Crippen molar-refractivity contribution in [2.75, 3.05) is 0 Å². The Kier molecular flexibility index (Phi) is 2.94. The van der Waals surface area contributed by atoms with E-state index in [1.54, 1.807) is 6.07 Å². The number of para-hydroxylation sites is 1. The van der Waals surface area contributed by atoms with Crippen LogP contribution in [0.15, 0.2) is 30.3 Å². The molecule has 1 heterocycles. The third-order valence-corrected chi connectivity index (χ3v) is 4.24. The van der Waals surface area contributed by atoms with E-state index in [0.29, 0.717) is 16.8 Å². The summed E-state index contributed by atoms with van der Waals surface area (Å²) in [4.78, 5) is 11.3. The van der Waals surface area contributed by atoms with Crippen LogP contribution in [0.4, 0.5) is 8.78 Å². The smallest absolute Gasteiger partial charge is 0.251 e. The molecule has 0 bridgehead atoms. The van der Waals surface area contributed by atoms with Crippen LogP contribution in [0.2, 0.25) is 0 Å². The van der Waals surface area contributed by atoms with E-state index in [9.17, 15) is 13.6 Å². The van der Waals surface area contributed by atoms with Gasteiger partial charge in [-0.05, 0) is 36.5 Å². The van der Waals surface area contributed by atoms with Gasteiger partial charge in [-0.3, -0.25) is 9.89 Å². The zero-order valence-corrected chi connectivity index (χ0v) is 12.1. The van der Waals surface area contributed by atoms with Crippen molar-refractivity contribution in [3.8, 4) is 11.3 Å². The van der Waals surface area contributed by atoms with Gasteiger partial charge in [0.05, 0.1) is 22.3 Å². The Balaban J connectivity index is 1.98. The Morgan fingerprint density at radius 3 is 2.70 bits per heavy atom. The number of benzene rings is 2. The van der Waals surface area contributed by atoms with Crippen molar-refractivity contribution < 1.29 is 13.6 Å². The fraction of sp³-hybridized carbons (Fsp3) is 0.176. The van der Waals surface area contributed by atoms with Crippen molar-refractivity contribution in [1.29, 1.82) is 0 Å². The topological polar surface area (TPSA) is 71.8 Å². The Hall–Kier alpha value is -2.76. The lowest BCUT2D eigenvalue weighted by Gasteiger charge is -2.07. The number of nitrogens with two attached hydrogens (primary N) is 1. The van der Waals surface area contributed by atoms with E-state index in [2.05, 4.69) is 10.2 Å². The SMILES string of the molecule is NC(=O)c1ccc(F)c(-c2[nH]nc3c(C4CC4)cccc23)c1F. The molecule has 1 fully saturated rings. The lowest BCUT2D eigenvalue weighted by atomic mass is 10.0. The first-order valence-electron chi connectivity index (χ1n) is 7.33. The number of amides is 1. The van der Waals surface area contributed by atoms with Crippen molar-refractivity contribution >= 4 is 16.8 Å². The molecule has 1 amide bonds. The van der Waals surface area contributed by atoms with Gasteiger partial charge in [0.15, 0.2) is 0 Å². The number of fused-ring (bicyclic) bond motifs is 1. The number of hydrogen-bond acceptors (Lipinski definition) is 2. The van der Waals surface area contributed by atoms with Crippen LogP contribution in [0.25, 0.3) is 22.2 Å². The summed E-state index contributed by atoms with van der Waals surface area (Å²) in [6.45, 7) is 0. The predicted molar refractivity (Wildman–Crippen MR) is 81.9 cm³/mol. The van der Waals surface area contributed by atoms with Crippen molar-refractivity contribution in [2.45, 2.75) is 18.8 Å². The fourth-order valence-electron chi connectivity index (χ4n) is 2.95. The minimum absolute atomic E-state index is 0.223. The third kappa shape index (κ3) is 2.10. The summed E-state index contributed by atoms with van der Waals surface area (Å²) in [5.74, 6) is -2.22. The number of carbonyl (C=O) groups excluding carboxylic acids is 1. The average molecular weight is 313 g/mol. The van der Waals surface area contributed by atoms with Crippen molar-refractivity contribution in [1.82, 2.24) is 10.2 Å². The second-order valence-corrected chi connectivity index (χ2v) is 5.76. The molecule has 1 aliphatic rings. The quantitative estimate of drug-likeness (QED) is 0.777. The van der Waals surface area contributed by atoms with Crippen LogP contribution in [-0.2, 0) is 0 Å². The highest BCUT2D eigenvalue weighted by molar-refractivity contribution is 5.98. The molecule has 2 aromatic carbocycles. The molecule has 0 saturated heterocycles. The molecular formula is C17H13F2N3O. The number of hydrogen-bond donors (Lipinski definition) is 2. The predicted octanol–water partition coefficient (Wildman–Crippen LogP) is 3.48. The van der Waals surface area contributed by atoms with Gasteiger partial charge in [-0.25, -0.2) is 8.78 Å². The lowest BCUT2D eigenvalue weighted by Crippen LogP contribution is -2.14. The molecule has 1 aliphatic carbocycles. The number of rotatable bonds is 3. The molecule has 3 N–H and O–H groups in total. The van der Waals surface area contributed by atoms with E-state index >= 15 is 0 Å². The minimum atomic E-state index is -0.972. The maximum Gasteiger partial charge on any atom is 0.251 e. The summed E-state index contributed by atoms with van der Waals surface area (Å²) >= 11 is 0. The van der Waals surface area contributed by atoms with Gasteiger partial charge >= 0.3 is 0 Å². The molecule has 0 spiro atoms. The zero-order chi connectivity index (χ0) is 16.1. The maximum atomic E-state index is 14.6. The number of aromatic amines is 1. The molecule has 3 aromatic rings. The fourth-order valence-corrected chi connectivity index (χ4v) is 2.95. The molecule has 23 heavy (non-hydrogen) atoms. The molecule has 116 valence electrons. The van der Waals surface area contributed by atoms with Crippen LogP contribution >= 0.6 is 0 Å². The van der Waals surface area contributed by atoms with Gasteiger partial charge in [0.1, 0.15) is 11.6 Å². The van der Waals surface area contributed by atoms with Crippen LogP contribution in [-0.4, -0.2) is 16.1 Å². The second-order valence-electron chi connectivity index (χ2n) is 5.76. The number of halogens is 2. The largest absolute Gasteiger partial charge is 0.366 e. The highest BCUT2D eigenvalue weighted by Crippen LogP contribution is 2.44. The number of aromatic nitrogens is 2. The van der Waals surface area contributed by atoms with Gasteiger partial charge in [-0.1, -0.05) is 18.2 Å². The first-order valence-corrected chi connectivity index (χ1v) is 7.33. The number of carbonyl (C=O) groups is 1. The van der Waals surface area contributed by atoms with Gasteiger partial charge in [-0.15, -0.1) is 0 Å². The van der Waals surface area contributed by atoms with Crippen LogP contribution < -0.4 is 5.73 Å². The Morgan fingerprint density at radius 2 is 2.00 bits per heavy atom. The zero-order valence-electron chi connectivity index (χ0n) is 12.1. The summed E-state index contributed by atoms with van der Waals surface area (Å²) in [7, 11) is 0. The highest BCUT2D eigenvalue weighted by atomic mass is 19.1. The summed E-state index contributed by atoms with van der Waals surface area (Å²) in [6.07, 6.45) is 2.20. The van der Waals surface area contributed by atoms with E-state index < -0.39 is 17.5 Å². The third-order valence-electron chi connectivity index (χ3n) is 4.24. The van der Waals surface area contributed by atoms with Crippen LogP contribution in [0, 0.1) is 11.6 Å². The van der Waals surface area contributed by atoms with Crippen LogP contribution in [0.5, 0.6) is 0 Å². The lowest BCUT2D eigenvalue weighted by molar-refractivity contribution is 0.0996. The molecule has 6 heteroatoms. The second kappa shape index (κ2) is 4.87. The summed E-state index contributed by atoms with van der Waals surface area (Å²) in [6, 6.07) is 7.68. The number of primary amides is 1. The van der Waals surface area contributed by atoms with E-state index in [4.69, 9.17) is 5.73 Å². The van der Waals surface area contributed by atoms with E-state index in [1.165, 1.54) is 0 Å². The number of nitrogens with one attached hydrogen (secondary N) is 1. The summed E-state index contributed by atoms with van der Waals surface area (Å²) < 4.78 is 28.8. The first-order chi connectivity index (χ1) is 11.1. The monoisotopic (exact) mass is 313 g/mol. The molecule has 1 saturated carbocycles. The van der Waals surface area contributed by atoms with Crippen molar-refractivity contribution in [3.63, 3.8) is 0 Å². The van der Waals surface area contributed by atoms with E-state index in [0.717, 1.165) is 30.5 Å². The highest BCUT2D eigenvalue weighted by Gasteiger charge is 2.28. The molecule has 1 aromatic heterocycles. The molecule has 4 nitrogen and oxygen atoms in total. The maximum absolute atomic E-state index is 14.6. The van der Waals surface area contributed by atoms with Gasteiger partial charge in [0.25, 0.3) is 5.91 Å². The Bertz CT molecular complexity index is 944. The minimum Gasteiger partial charge on any atom is -0.366 e. The molecule has 4 rings (SSSR count). The van der Waals surface area contributed by atoms with Gasteiger partial charge in [0.2, 0.25) is 0 Å². The molecule has 0 unspecified atom stereocenters. The van der Waals surface area contributed by atoms with Crippen LogP contribution in [0.3, 0.4) is 0 Å². The molecular weight excluding hydrogens is 300 g/mol. The summed E-state index contributed by atoms with van der Waals surface area (Å²) in [5.41, 5.74) is 6.51. The first kappa shape index (κ1) is 13.9. The van der Waals surface area contributed by atoms with Gasteiger partial charge < -0.3 is 5.73 Å². The Morgan fingerprint density at radius 1 is 1.22 bits per heavy atom. The number of nitrogens with zero attached hydrogens (tertiary/aromatic N) is 1. The molecule has 0 atom stereocenters. The van der Waals surface area contributed by atoms with Crippen molar-refractivity contribution in [2.24, 2.45) is 5.73 Å². The van der Waals surface area contributed by atoms with E-state index in [1.807, 2.05) is 12.1 Å². The molecule has 0 radical (unpaired) electrons. The normalized spacial score (nSPS) is 14.3. The Labute approximate surface area is 130 Å².